The van der Waals surface area contributed by atoms with Gasteiger partial charge in [-0.2, -0.15) is 0 Å². The van der Waals surface area contributed by atoms with E-state index in [-0.39, 0.29) is 0 Å². The van der Waals surface area contributed by atoms with Gasteiger partial charge >= 0.3 is 6.03 Å². The Bertz CT molecular complexity index is 1120. The molecule has 1 atom stereocenters. The zero-order valence-electron chi connectivity index (χ0n) is 16.1. The average Bonchev–Trinajstić information content (AvgIpc) is 3.43. The molecule has 1 spiro atoms. The molecule has 4 N–H and O–H groups in total. The molecule has 8 nitrogen and oxygen atoms in total. The van der Waals surface area contributed by atoms with Crippen LogP contribution in [-0.2, 0) is 34.4 Å². The van der Waals surface area contributed by atoms with Gasteiger partial charge in [0.15, 0.2) is 0 Å². The van der Waals surface area contributed by atoms with Crippen molar-refractivity contribution in [1.29, 1.82) is 0 Å². The zero-order chi connectivity index (χ0) is 21.0. The molecule has 1 aromatic heterocycles. The number of benzene rings is 1. The largest absolute Gasteiger partial charge is 0.365 e. The summed E-state index contributed by atoms with van der Waals surface area (Å²) in [4.78, 5) is 52.3. The number of imide groups is 1. The smallest absolute Gasteiger partial charge is 0.325 e. The van der Waals surface area contributed by atoms with Crippen LogP contribution in [0.4, 0.5) is 9.80 Å². The molecular weight excluding hydrogens is 404 g/mol. The molecule has 30 heavy (non-hydrogen) atoms. The lowest BCUT2D eigenvalue weighted by Crippen LogP contribution is -2.43. The summed E-state index contributed by atoms with van der Waals surface area (Å²) in [6.45, 7) is -0.421. The van der Waals surface area contributed by atoms with Crippen molar-refractivity contribution in [2.45, 2.75) is 37.6 Å². The normalized spacial score (nSPS) is 21.7. The first-order chi connectivity index (χ1) is 14.4. The molecule has 5 amide bonds. The van der Waals surface area contributed by atoms with Crippen LogP contribution in [0.1, 0.15) is 44.8 Å². The van der Waals surface area contributed by atoms with E-state index < -0.39 is 35.8 Å². The molecule has 1 fully saturated rings. The van der Waals surface area contributed by atoms with Crippen molar-refractivity contribution in [3.05, 3.63) is 51.4 Å². The number of anilines is 1. The minimum atomic E-state index is -1.10. The van der Waals surface area contributed by atoms with Crippen molar-refractivity contribution in [2.24, 2.45) is 5.73 Å². The maximum atomic E-state index is 13.2. The van der Waals surface area contributed by atoms with Crippen LogP contribution in [0.15, 0.2) is 24.3 Å². The summed E-state index contributed by atoms with van der Waals surface area (Å²) in [5, 5.41) is 5.89. The van der Waals surface area contributed by atoms with Gasteiger partial charge in [-0.3, -0.25) is 19.3 Å². The van der Waals surface area contributed by atoms with Gasteiger partial charge in [0.2, 0.25) is 5.91 Å². The quantitative estimate of drug-likeness (QED) is 0.646. The Morgan fingerprint density at radius 1 is 1.20 bits per heavy atom. The van der Waals surface area contributed by atoms with Crippen LogP contribution in [0.5, 0.6) is 0 Å². The predicted molar refractivity (Wildman–Crippen MR) is 110 cm³/mol. The highest BCUT2D eigenvalue weighted by Gasteiger charge is 2.55. The number of nitrogens with one attached hydrogen (secondary N) is 2. The highest BCUT2D eigenvalue weighted by atomic mass is 32.1. The molecule has 2 aromatic rings. The number of primary amides is 1. The van der Waals surface area contributed by atoms with Crippen LogP contribution in [0.3, 0.4) is 0 Å². The predicted octanol–water partition coefficient (Wildman–Crippen LogP) is 1.67. The standard InChI is InChI=1S/C21H20N4O4S/c22-17(27)16-12-5-3-7-14(12)30-18(16)23-15(26)10-25-19(28)21(24-20(25)29)9-8-11-4-1-2-6-13(11)21/h1-2,4,6H,3,5,7-10H2,(H2,22,27)(H,23,26)(H,24,29). The second-order valence-electron chi connectivity index (χ2n) is 7.86. The maximum Gasteiger partial charge on any atom is 0.325 e. The molecular formula is C21H20N4O4S. The molecule has 0 bridgehead atoms. The first-order valence-corrected chi connectivity index (χ1v) is 10.7. The number of amides is 5. The van der Waals surface area contributed by atoms with Gasteiger partial charge in [-0.1, -0.05) is 24.3 Å². The van der Waals surface area contributed by atoms with E-state index in [9.17, 15) is 19.2 Å². The number of carbonyl (C=O) groups excluding carboxylic acids is 4. The SMILES string of the molecule is NC(=O)c1c(NC(=O)CN2C(=O)NC3(CCc4ccccc43)C2=O)sc2c1CCC2. The number of hydrogen-bond acceptors (Lipinski definition) is 5. The molecule has 2 aliphatic carbocycles. The third kappa shape index (κ3) is 2.65. The number of rotatable bonds is 4. The first-order valence-electron chi connectivity index (χ1n) is 9.87. The van der Waals surface area contributed by atoms with Crippen LogP contribution < -0.4 is 16.4 Å². The lowest BCUT2D eigenvalue weighted by atomic mass is 9.92. The summed E-state index contributed by atoms with van der Waals surface area (Å²) in [7, 11) is 0. The lowest BCUT2D eigenvalue weighted by molar-refractivity contribution is -0.134. The average molecular weight is 424 g/mol. The van der Waals surface area contributed by atoms with Gasteiger partial charge in [0.1, 0.15) is 17.1 Å². The number of carbonyl (C=O) groups is 4. The van der Waals surface area contributed by atoms with Crippen molar-refractivity contribution in [2.75, 3.05) is 11.9 Å². The lowest BCUT2D eigenvalue weighted by Gasteiger charge is -2.22. The van der Waals surface area contributed by atoms with Crippen LogP contribution in [0, 0.1) is 0 Å². The van der Waals surface area contributed by atoms with Gasteiger partial charge in [0, 0.05) is 4.88 Å². The van der Waals surface area contributed by atoms with E-state index in [1.165, 1.54) is 11.3 Å². The number of hydrogen-bond donors (Lipinski definition) is 3. The van der Waals surface area contributed by atoms with E-state index in [1.54, 1.807) is 0 Å². The third-order valence-corrected chi connectivity index (χ3v) is 7.35. The number of aryl methyl sites for hydroxylation is 2. The van der Waals surface area contributed by atoms with Crippen molar-refractivity contribution < 1.29 is 19.2 Å². The summed E-state index contributed by atoms with van der Waals surface area (Å²) in [5.74, 6) is -1.54. The Morgan fingerprint density at radius 2 is 2.00 bits per heavy atom. The summed E-state index contributed by atoms with van der Waals surface area (Å²) < 4.78 is 0. The number of urea groups is 1. The zero-order valence-corrected chi connectivity index (χ0v) is 16.9. The van der Waals surface area contributed by atoms with Crippen molar-refractivity contribution in [3.63, 3.8) is 0 Å². The van der Waals surface area contributed by atoms with Crippen molar-refractivity contribution >= 4 is 40.1 Å². The molecule has 0 radical (unpaired) electrons. The Balaban J connectivity index is 1.36. The van der Waals surface area contributed by atoms with E-state index in [0.29, 0.717) is 23.4 Å². The Morgan fingerprint density at radius 3 is 2.80 bits per heavy atom. The van der Waals surface area contributed by atoms with E-state index >= 15 is 0 Å². The molecule has 154 valence electrons. The van der Waals surface area contributed by atoms with Gasteiger partial charge in [-0.05, 0) is 48.8 Å². The molecule has 0 saturated carbocycles. The van der Waals surface area contributed by atoms with Crippen LogP contribution >= 0.6 is 11.3 Å². The fraction of sp³-hybridized carbons (Fsp3) is 0.333. The summed E-state index contributed by atoms with van der Waals surface area (Å²) >= 11 is 1.34. The molecule has 1 unspecified atom stereocenters. The number of nitrogens with zero attached hydrogens (tertiary/aromatic N) is 1. The highest BCUT2D eigenvalue weighted by Crippen LogP contribution is 2.41. The Labute approximate surface area is 176 Å². The van der Waals surface area contributed by atoms with Crippen LogP contribution in [0.25, 0.3) is 0 Å². The van der Waals surface area contributed by atoms with Gasteiger partial charge in [-0.25, -0.2) is 4.79 Å². The molecule has 3 aliphatic rings. The molecule has 5 rings (SSSR count). The molecule has 1 saturated heterocycles. The Kier molecular flexibility index (Phi) is 4.18. The number of thiophene rings is 1. The Hall–Kier alpha value is -3.20. The highest BCUT2D eigenvalue weighted by molar-refractivity contribution is 7.17. The van der Waals surface area contributed by atoms with Gasteiger partial charge in [-0.15, -0.1) is 11.3 Å². The van der Waals surface area contributed by atoms with E-state index in [0.717, 1.165) is 45.7 Å². The maximum absolute atomic E-state index is 13.2. The summed E-state index contributed by atoms with van der Waals surface area (Å²) in [5.41, 5.74) is 7.49. The topological polar surface area (TPSA) is 122 Å². The van der Waals surface area contributed by atoms with Crippen molar-refractivity contribution in [3.8, 4) is 0 Å². The fourth-order valence-electron chi connectivity index (χ4n) is 4.80. The van der Waals surface area contributed by atoms with E-state index in [1.807, 2.05) is 24.3 Å². The summed E-state index contributed by atoms with van der Waals surface area (Å²) in [6.07, 6.45) is 3.73. The molecule has 9 heteroatoms. The summed E-state index contributed by atoms with van der Waals surface area (Å²) in [6, 6.07) is 6.94. The number of fused-ring (bicyclic) bond motifs is 3. The van der Waals surface area contributed by atoms with Gasteiger partial charge in [0.25, 0.3) is 11.8 Å². The minimum absolute atomic E-state index is 0.347. The van der Waals surface area contributed by atoms with Crippen molar-refractivity contribution in [1.82, 2.24) is 10.2 Å². The molecule has 1 aliphatic heterocycles. The molecule has 2 heterocycles. The van der Waals surface area contributed by atoms with E-state index in [4.69, 9.17) is 5.73 Å². The van der Waals surface area contributed by atoms with Crippen LogP contribution in [0.2, 0.25) is 0 Å². The first kappa shape index (κ1) is 18.8. The minimum Gasteiger partial charge on any atom is -0.365 e. The number of nitrogens with two attached hydrogens (primary N) is 1. The second kappa shape index (κ2) is 6.66. The monoisotopic (exact) mass is 424 g/mol. The second-order valence-corrected chi connectivity index (χ2v) is 8.96. The molecule has 1 aromatic carbocycles. The third-order valence-electron chi connectivity index (χ3n) is 6.14. The van der Waals surface area contributed by atoms with E-state index in [2.05, 4.69) is 10.6 Å². The van der Waals surface area contributed by atoms with Gasteiger partial charge in [0.05, 0.1) is 5.56 Å². The van der Waals surface area contributed by atoms with Gasteiger partial charge < -0.3 is 16.4 Å². The fourth-order valence-corrected chi connectivity index (χ4v) is 6.11. The van der Waals surface area contributed by atoms with Crippen LogP contribution in [-0.4, -0.2) is 35.2 Å².